The van der Waals surface area contributed by atoms with Crippen LogP contribution in [0.5, 0.6) is 28.7 Å². The minimum absolute atomic E-state index is 0.173. The van der Waals surface area contributed by atoms with Crippen molar-refractivity contribution >= 4 is 82.0 Å². The maximum absolute atomic E-state index is 14.1. The fourth-order valence-electron chi connectivity index (χ4n) is 9.40. The normalized spacial score (nSPS) is 17.3. The van der Waals surface area contributed by atoms with E-state index in [0.717, 1.165) is 32.9 Å². The number of nitrogens with one attached hydrogen (secondary N) is 3. The van der Waals surface area contributed by atoms with Crippen molar-refractivity contribution in [2.24, 2.45) is 9.98 Å². The molecule has 5 aliphatic rings. The van der Waals surface area contributed by atoms with Crippen molar-refractivity contribution in [2.45, 2.75) is 70.0 Å². The fourth-order valence-corrected chi connectivity index (χ4v) is 9.40. The van der Waals surface area contributed by atoms with Gasteiger partial charge in [0.2, 0.25) is 17.7 Å². The number of fused-ring (bicyclic) bond motifs is 4. The van der Waals surface area contributed by atoms with E-state index in [1.807, 2.05) is 42.6 Å². The molecule has 4 aromatic carbocycles. The van der Waals surface area contributed by atoms with Gasteiger partial charge in [0, 0.05) is 87.0 Å². The molecular weight excluding hydrogens is 989 g/mol. The van der Waals surface area contributed by atoms with Gasteiger partial charge >= 0.3 is 0 Å². The number of nitrogens with zero attached hydrogens (tertiary/aromatic N) is 5. The van der Waals surface area contributed by atoms with E-state index in [9.17, 15) is 33.6 Å². The number of carbonyl (C=O) groups excluding carboxylic acids is 7. The van der Waals surface area contributed by atoms with E-state index in [2.05, 4.69) is 16.0 Å². The number of hydrogen-bond acceptors (Lipinski definition) is 14. The molecule has 20 nitrogen and oxygen atoms in total. The molecule has 3 N–H and O–H groups in total. The highest BCUT2D eigenvalue weighted by atomic mass is 16.5. The molecule has 20 heteroatoms. The lowest BCUT2D eigenvalue weighted by molar-refractivity contribution is -0.137. The van der Waals surface area contributed by atoms with Crippen molar-refractivity contribution in [3.8, 4) is 28.7 Å². The van der Waals surface area contributed by atoms with Crippen molar-refractivity contribution in [1.82, 2.24) is 25.3 Å². The summed E-state index contributed by atoms with van der Waals surface area (Å²) in [6.45, 7) is 2.02. The molecule has 5 aliphatic heterocycles. The van der Waals surface area contributed by atoms with Crippen molar-refractivity contribution in [3.63, 3.8) is 0 Å². The predicted octanol–water partition coefficient (Wildman–Crippen LogP) is 6.55. The first-order valence-corrected chi connectivity index (χ1v) is 25.3. The summed E-state index contributed by atoms with van der Waals surface area (Å²) in [7, 11) is 4.65. The number of ether oxygens (including phenoxy) is 5. The van der Waals surface area contributed by atoms with Gasteiger partial charge in [-0.15, -0.1) is 0 Å². The molecule has 0 bridgehead atoms. The molecule has 3 atom stereocenters. The Balaban J connectivity index is 0.725. The molecule has 0 spiro atoms. The molecule has 0 fully saturated rings. The standard InChI is InChI=1S/C57H58N8O12/c1-34(61-52(67)31-60-51(66)9-6-5-7-20-63-53(68)18-19-54(63)69)55(70)62-39-14-10-35(11-15-39)37-23-40-29-58-45-27-49(47(74-3)25-43(45)56(71)64(40)32-37)76-21-8-22-77-50-28-46-44(26-48(50)75-4)57(72)65-33-38(24-41(65)30-59-46)36-12-16-42(73-2)17-13-36/h10-19,25-30,32-34,40-41H,5-9,20-24,31H2,1-4H3,(H,60,66)(H,61,67)(H,62,70). The molecule has 0 saturated heterocycles. The summed E-state index contributed by atoms with van der Waals surface area (Å²) in [5.41, 5.74) is 5.94. The lowest BCUT2D eigenvalue weighted by Crippen LogP contribution is -2.45. The predicted molar refractivity (Wildman–Crippen MR) is 286 cm³/mol. The minimum atomic E-state index is -0.899. The Morgan fingerprint density at radius 1 is 0.636 bits per heavy atom. The van der Waals surface area contributed by atoms with Crippen LogP contribution in [0.4, 0.5) is 17.1 Å². The van der Waals surface area contributed by atoms with Crippen LogP contribution in [0.3, 0.4) is 0 Å². The topological polar surface area (TPSA) is 236 Å². The van der Waals surface area contributed by atoms with E-state index in [0.29, 0.717) is 89.7 Å². The number of aliphatic imine (C=N–C) groups is 2. The molecule has 398 valence electrons. The molecule has 4 aromatic rings. The number of unbranched alkanes of at least 4 members (excludes halogenated alkanes) is 2. The number of anilines is 1. The first-order valence-electron chi connectivity index (χ1n) is 25.3. The quantitative estimate of drug-likeness (QED) is 0.0562. The average molecular weight is 1050 g/mol. The number of methoxy groups -OCH3 is 3. The van der Waals surface area contributed by atoms with Gasteiger partial charge < -0.3 is 49.4 Å². The smallest absolute Gasteiger partial charge is 0.260 e. The largest absolute Gasteiger partial charge is 0.497 e. The van der Waals surface area contributed by atoms with Crippen LogP contribution in [0, 0.1) is 0 Å². The van der Waals surface area contributed by atoms with Gasteiger partial charge in [-0.25, -0.2) is 0 Å². The van der Waals surface area contributed by atoms with Crippen LogP contribution in [0.2, 0.25) is 0 Å². The third kappa shape index (κ3) is 12.1. The monoisotopic (exact) mass is 1050 g/mol. The second-order valence-electron chi connectivity index (χ2n) is 18.8. The maximum atomic E-state index is 14.1. The zero-order valence-electron chi connectivity index (χ0n) is 43.0. The van der Waals surface area contributed by atoms with Crippen LogP contribution in [0.15, 0.2) is 107 Å². The van der Waals surface area contributed by atoms with Crippen molar-refractivity contribution < 1.29 is 57.2 Å². The molecule has 0 aliphatic carbocycles. The molecule has 0 radical (unpaired) electrons. The van der Waals surface area contributed by atoms with Gasteiger partial charge in [-0.1, -0.05) is 30.7 Å². The van der Waals surface area contributed by atoms with Gasteiger partial charge in [0.15, 0.2) is 23.0 Å². The van der Waals surface area contributed by atoms with Gasteiger partial charge in [-0.3, -0.25) is 48.4 Å². The third-order valence-corrected chi connectivity index (χ3v) is 13.6. The Bertz CT molecular complexity index is 3130. The lowest BCUT2D eigenvalue weighted by atomic mass is 10.0. The minimum Gasteiger partial charge on any atom is -0.497 e. The molecule has 0 aromatic heterocycles. The zero-order chi connectivity index (χ0) is 54.2. The Morgan fingerprint density at radius 2 is 1.17 bits per heavy atom. The second-order valence-corrected chi connectivity index (χ2v) is 18.8. The summed E-state index contributed by atoms with van der Waals surface area (Å²) in [5, 5.41) is 7.93. The van der Waals surface area contributed by atoms with Crippen LogP contribution in [0.1, 0.15) is 83.7 Å². The van der Waals surface area contributed by atoms with Gasteiger partial charge in [0.25, 0.3) is 23.6 Å². The summed E-state index contributed by atoms with van der Waals surface area (Å²) < 4.78 is 28.9. The van der Waals surface area contributed by atoms with Crippen LogP contribution >= 0.6 is 0 Å². The van der Waals surface area contributed by atoms with Gasteiger partial charge in [0.1, 0.15) is 11.8 Å². The number of rotatable bonds is 22. The highest BCUT2D eigenvalue weighted by Crippen LogP contribution is 2.42. The Morgan fingerprint density at radius 3 is 1.69 bits per heavy atom. The summed E-state index contributed by atoms with van der Waals surface area (Å²) in [5.74, 6) is -0.0606. The molecule has 3 unspecified atom stereocenters. The number of carbonyl (C=O) groups is 7. The van der Waals surface area contributed by atoms with Gasteiger partial charge in [0.05, 0.1) is 75.7 Å². The van der Waals surface area contributed by atoms with Crippen molar-refractivity contribution in [1.29, 1.82) is 0 Å². The van der Waals surface area contributed by atoms with Gasteiger partial charge in [-0.05, 0) is 78.4 Å². The van der Waals surface area contributed by atoms with Crippen molar-refractivity contribution in [3.05, 3.63) is 120 Å². The summed E-state index contributed by atoms with van der Waals surface area (Å²) in [6.07, 6.45) is 13.2. The Labute approximate surface area is 444 Å². The van der Waals surface area contributed by atoms with E-state index in [-0.39, 0.29) is 74.3 Å². The average Bonchev–Trinajstić information content (AvgIpc) is 4.13. The van der Waals surface area contributed by atoms with Crippen LogP contribution in [-0.4, -0.2) is 134 Å². The number of imide groups is 1. The number of amides is 7. The van der Waals surface area contributed by atoms with E-state index >= 15 is 0 Å². The summed E-state index contributed by atoms with van der Waals surface area (Å²) in [4.78, 5) is 103. The Hall–Kier alpha value is -9.07. The molecule has 77 heavy (non-hydrogen) atoms. The molecular formula is C57H58N8O12. The Kier molecular flexibility index (Phi) is 16.2. The SMILES string of the molecule is COc1ccc(C2=CN3C(=O)c4cc(OC)c(OCCCOc5cc6c(cc5OC)C(=O)N5C=C(c7ccc(NC(=O)C(C)NC(=O)CNC(=O)CCCCCN8C(=O)C=CC8=O)cc7)CC5C=N6)cc4N=CC3C2)cc1. The highest BCUT2D eigenvalue weighted by Gasteiger charge is 2.35. The van der Waals surface area contributed by atoms with E-state index in [1.54, 1.807) is 71.9 Å². The molecule has 7 amide bonds. The maximum Gasteiger partial charge on any atom is 0.260 e. The van der Waals surface area contributed by atoms with E-state index in [1.165, 1.54) is 33.3 Å². The fraction of sp³-hybridized carbons (Fsp3) is 0.316. The second kappa shape index (κ2) is 23.6. The summed E-state index contributed by atoms with van der Waals surface area (Å²) >= 11 is 0. The van der Waals surface area contributed by atoms with Crippen LogP contribution in [-0.2, 0) is 24.0 Å². The first kappa shape index (κ1) is 52.8. The van der Waals surface area contributed by atoms with Gasteiger partial charge in [-0.2, -0.15) is 0 Å². The highest BCUT2D eigenvalue weighted by molar-refractivity contribution is 6.13. The number of benzene rings is 4. The van der Waals surface area contributed by atoms with Crippen molar-refractivity contribution in [2.75, 3.05) is 52.9 Å². The summed E-state index contributed by atoms with van der Waals surface area (Å²) in [6, 6.07) is 20.1. The third-order valence-electron chi connectivity index (χ3n) is 13.6. The van der Waals surface area contributed by atoms with E-state index < -0.39 is 17.9 Å². The zero-order valence-corrected chi connectivity index (χ0v) is 43.0. The van der Waals surface area contributed by atoms with E-state index in [4.69, 9.17) is 33.7 Å². The molecule has 9 rings (SSSR count). The van der Waals surface area contributed by atoms with Crippen LogP contribution < -0.4 is 39.6 Å². The number of hydrogen-bond donors (Lipinski definition) is 3. The molecule has 0 saturated carbocycles. The molecule has 5 heterocycles. The lowest BCUT2D eigenvalue weighted by Gasteiger charge is -2.19. The van der Waals surface area contributed by atoms with Crippen LogP contribution in [0.25, 0.3) is 11.1 Å². The first-order chi connectivity index (χ1) is 37.3.